The number of nitrogens with one attached hydrogen (secondary N) is 1. The van der Waals surface area contributed by atoms with E-state index in [-0.39, 0.29) is 5.75 Å². The van der Waals surface area contributed by atoms with Crippen molar-refractivity contribution < 1.29 is 9.84 Å². The number of rotatable bonds is 4. The Morgan fingerprint density at radius 1 is 1.33 bits per heavy atom. The number of ether oxygens (including phenoxy) is 1. The van der Waals surface area contributed by atoms with Gasteiger partial charge in [0.1, 0.15) is 6.04 Å². The average molecular weight is 347 g/mol. The Kier molecular flexibility index (Phi) is 4.71. The molecule has 2 aromatic rings. The van der Waals surface area contributed by atoms with Crippen LogP contribution in [0.5, 0.6) is 11.5 Å². The minimum Gasteiger partial charge on any atom is -0.503 e. The molecule has 4 nitrogen and oxygen atoms in total. The lowest BCUT2D eigenvalue weighted by atomic mass is 10.1. The number of phenolic OH excluding ortho intramolecular Hbond substituents is 1. The number of phenols is 1. The topological polar surface area (TPSA) is 65.3 Å². The summed E-state index contributed by atoms with van der Waals surface area (Å²) in [5.74, 6) is 0.346. The molecule has 0 aliphatic heterocycles. The molecule has 108 valence electrons. The minimum absolute atomic E-state index is 0.0218. The summed E-state index contributed by atoms with van der Waals surface area (Å²) in [5, 5.41) is 22.4. The number of methoxy groups -OCH3 is 1. The summed E-state index contributed by atoms with van der Waals surface area (Å²) < 4.78 is 5.60. The number of hydrogen-bond acceptors (Lipinski definition) is 4. The van der Waals surface area contributed by atoms with E-state index in [1.165, 1.54) is 7.11 Å². The van der Waals surface area contributed by atoms with Gasteiger partial charge in [-0.2, -0.15) is 5.26 Å². The van der Waals surface area contributed by atoms with Crippen LogP contribution in [0.1, 0.15) is 17.2 Å². The van der Waals surface area contributed by atoms with Gasteiger partial charge in [-0.1, -0.05) is 12.1 Å². The third kappa shape index (κ3) is 3.47. The molecule has 5 heteroatoms. The molecule has 2 rings (SSSR count). The number of aryl methyl sites for hydroxylation is 1. The number of nitrogens with zero attached hydrogens (tertiary/aromatic N) is 1. The summed E-state index contributed by atoms with van der Waals surface area (Å²) in [6.45, 7) is 1.99. The summed E-state index contributed by atoms with van der Waals surface area (Å²) in [7, 11) is 1.47. The summed E-state index contributed by atoms with van der Waals surface area (Å²) in [5.41, 5.74) is 2.69. The van der Waals surface area contributed by atoms with Crippen LogP contribution in [0.2, 0.25) is 0 Å². The van der Waals surface area contributed by atoms with Crippen LogP contribution in [0.3, 0.4) is 0 Å². The van der Waals surface area contributed by atoms with E-state index in [9.17, 15) is 10.4 Å². The number of hydrogen-bond donors (Lipinski definition) is 2. The fourth-order valence-corrected chi connectivity index (χ4v) is 2.47. The number of halogens is 1. The van der Waals surface area contributed by atoms with Crippen LogP contribution in [0.15, 0.2) is 40.9 Å². The van der Waals surface area contributed by atoms with Crippen molar-refractivity contribution >= 4 is 21.6 Å². The van der Waals surface area contributed by atoms with Gasteiger partial charge in [0.25, 0.3) is 0 Å². The summed E-state index contributed by atoms with van der Waals surface area (Å²) >= 11 is 3.27. The first-order chi connectivity index (χ1) is 10.0. The number of aromatic hydroxyl groups is 1. The molecule has 0 fully saturated rings. The molecule has 0 aromatic heterocycles. The van der Waals surface area contributed by atoms with Crippen molar-refractivity contribution in [2.45, 2.75) is 13.0 Å². The highest BCUT2D eigenvalue weighted by atomic mass is 79.9. The zero-order valence-corrected chi connectivity index (χ0v) is 13.3. The van der Waals surface area contributed by atoms with Crippen molar-refractivity contribution in [2.75, 3.05) is 12.4 Å². The summed E-state index contributed by atoms with van der Waals surface area (Å²) in [6, 6.07) is 12.8. The van der Waals surface area contributed by atoms with Crippen molar-refractivity contribution in [3.63, 3.8) is 0 Å². The van der Waals surface area contributed by atoms with E-state index in [0.29, 0.717) is 15.8 Å². The van der Waals surface area contributed by atoms with Gasteiger partial charge >= 0.3 is 0 Å². The third-order valence-corrected chi connectivity index (χ3v) is 3.67. The van der Waals surface area contributed by atoms with Crippen molar-refractivity contribution in [2.24, 2.45) is 0 Å². The maximum absolute atomic E-state index is 9.83. The second-order valence-electron chi connectivity index (χ2n) is 4.63. The molecular formula is C16H15BrN2O2. The van der Waals surface area contributed by atoms with Crippen LogP contribution in [-0.2, 0) is 0 Å². The van der Waals surface area contributed by atoms with Crippen molar-refractivity contribution in [1.82, 2.24) is 0 Å². The quantitative estimate of drug-likeness (QED) is 0.872. The molecule has 0 aliphatic carbocycles. The molecule has 0 aliphatic rings. The van der Waals surface area contributed by atoms with E-state index in [4.69, 9.17) is 4.74 Å². The zero-order chi connectivity index (χ0) is 15.4. The Bertz CT molecular complexity index is 695. The maximum atomic E-state index is 9.83. The van der Waals surface area contributed by atoms with E-state index in [1.54, 1.807) is 12.1 Å². The predicted octanol–water partition coefficient (Wildman–Crippen LogP) is 4.15. The maximum Gasteiger partial charge on any atom is 0.172 e. The van der Waals surface area contributed by atoms with Crippen LogP contribution in [0, 0.1) is 18.3 Å². The summed E-state index contributed by atoms with van der Waals surface area (Å²) in [4.78, 5) is 0. The first-order valence-corrected chi connectivity index (χ1v) is 7.13. The van der Waals surface area contributed by atoms with Gasteiger partial charge in [-0.05, 0) is 58.2 Å². The first kappa shape index (κ1) is 15.2. The van der Waals surface area contributed by atoms with E-state index >= 15 is 0 Å². The molecule has 0 saturated heterocycles. The lowest BCUT2D eigenvalue weighted by molar-refractivity contribution is 0.371. The van der Waals surface area contributed by atoms with Crippen molar-refractivity contribution in [1.29, 1.82) is 5.26 Å². The molecule has 0 saturated carbocycles. The molecule has 0 heterocycles. The van der Waals surface area contributed by atoms with Crippen molar-refractivity contribution in [3.05, 3.63) is 52.0 Å². The molecule has 2 N–H and O–H groups in total. The van der Waals surface area contributed by atoms with Crippen molar-refractivity contribution in [3.8, 4) is 17.6 Å². The van der Waals surface area contributed by atoms with Gasteiger partial charge in [-0.3, -0.25) is 0 Å². The minimum atomic E-state index is -0.544. The molecule has 2 aromatic carbocycles. The fourth-order valence-electron chi connectivity index (χ4n) is 2.01. The molecular weight excluding hydrogens is 332 g/mol. The molecule has 0 spiro atoms. The van der Waals surface area contributed by atoms with Crippen LogP contribution in [0.25, 0.3) is 0 Å². The van der Waals surface area contributed by atoms with E-state index in [2.05, 4.69) is 27.3 Å². The zero-order valence-electron chi connectivity index (χ0n) is 11.7. The molecule has 1 unspecified atom stereocenters. The van der Waals surface area contributed by atoms with Gasteiger partial charge in [0.05, 0.1) is 17.7 Å². The summed E-state index contributed by atoms with van der Waals surface area (Å²) in [6.07, 6.45) is 0. The van der Waals surface area contributed by atoms with E-state index in [0.717, 1.165) is 11.3 Å². The highest BCUT2D eigenvalue weighted by Gasteiger charge is 2.16. The second-order valence-corrected chi connectivity index (χ2v) is 5.48. The molecule has 1 atom stereocenters. The molecule has 0 bridgehead atoms. The van der Waals surface area contributed by atoms with Gasteiger partial charge in [0.2, 0.25) is 0 Å². The first-order valence-electron chi connectivity index (χ1n) is 6.34. The smallest absolute Gasteiger partial charge is 0.172 e. The number of nitriles is 1. The molecule has 0 amide bonds. The fraction of sp³-hybridized carbons (Fsp3) is 0.188. The normalized spacial score (nSPS) is 11.5. The Morgan fingerprint density at radius 2 is 2.10 bits per heavy atom. The van der Waals surface area contributed by atoms with Gasteiger partial charge in [0.15, 0.2) is 11.5 Å². The Labute approximate surface area is 132 Å². The Morgan fingerprint density at radius 3 is 2.71 bits per heavy atom. The Balaban J connectivity index is 2.34. The lowest BCUT2D eigenvalue weighted by Gasteiger charge is -2.16. The van der Waals surface area contributed by atoms with Gasteiger partial charge < -0.3 is 15.2 Å². The Hall–Kier alpha value is -2.19. The predicted molar refractivity (Wildman–Crippen MR) is 85.5 cm³/mol. The van der Waals surface area contributed by atoms with Gasteiger partial charge in [-0.15, -0.1) is 0 Å². The largest absolute Gasteiger partial charge is 0.503 e. The van der Waals surface area contributed by atoms with Crippen LogP contribution >= 0.6 is 15.9 Å². The monoisotopic (exact) mass is 346 g/mol. The lowest BCUT2D eigenvalue weighted by Crippen LogP contribution is -2.09. The highest BCUT2D eigenvalue weighted by molar-refractivity contribution is 9.10. The average Bonchev–Trinajstić information content (AvgIpc) is 2.47. The third-order valence-electron chi connectivity index (χ3n) is 3.06. The van der Waals surface area contributed by atoms with E-state index < -0.39 is 6.04 Å². The number of benzene rings is 2. The van der Waals surface area contributed by atoms with Gasteiger partial charge in [0, 0.05) is 5.69 Å². The SMILES string of the molecule is COc1cc(C(C#N)Nc2cccc(C)c2)cc(Br)c1O. The highest BCUT2D eigenvalue weighted by Crippen LogP contribution is 2.37. The van der Waals surface area contributed by atoms with E-state index in [1.807, 2.05) is 31.2 Å². The van der Waals surface area contributed by atoms with Gasteiger partial charge in [-0.25, -0.2) is 0 Å². The number of anilines is 1. The standard InChI is InChI=1S/C16H15BrN2O2/c1-10-4-3-5-12(6-10)19-14(9-18)11-7-13(17)16(20)15(8-11)21-2/h3-8,14,19-20H,1-2H3. The molecule has 21 heavy (non-hydrogen) atoms. The molecule has 0 radical (unpaired) electrons. The van der Waals surface area contributed by atoms with Crippen LogP contribution < -0.4 is 10.1 Å². The second kappa shape index (κ2) is 6.51. The van der Waals surface area contributed by atoms with Crippen LogP contribution in [-0.4, -0.2) is 12.2 Å². The van der Waals surface area contributed by atoms with Crippen LogP contribution in [0.4, 0.5) is 5.69 Å².